The van der Waals surface area contributed by atoms with E-state index in [4.69, 9.17) is 18.9 Å². The molecular formula is C21H19NO6. The smallest absolute Gasteiger partial charge is 0.363 e. The van der Waals surface area contributed by atoms with Gasteiger partial charge in [0.2, 0.25) is 11.6 Å². The fourth-order valence-corrected chi connectivity index (χ4v) is 2.72. The zero-order chi connectivity index (χ0) is 20.3. The molecule has 1 heterocycles. The van der Waals surface area contributed by atoms with Gasteiger partial charge >= 0.3 is 11.9 Å². The van der Waals surface area contributed by atoms with Crippen molar-refractivity contribution in [3.63, 3.8) is 0 Å². The standard InChI is InChI=1S/C21H19NO6/c1-12-7-5-6-8-15(12)20-22-16(21(24)28-20)9-14-10-17(25-3)19(27-13(2)23)18(11-14)26-4/h5-11H,1-4H3. The molecule has 2 aromatic carbocycles. The van der Waals surface area contributed by atoms with E-state index in [9.17, 15) is 9.59 Å². The highest BCUT2D eigenvalue weighted by Crippen LogP contribution is 2.39. The summed E-state index contributed by atoms with van der Waals surface area (Å²) in [6.07, 6.45) is 1.55. The number of aliphatic imine (C=N–C) groups is 1. The molecule has 0 bridgehead atoms. The van der Waals surface area contributed by atoms with E-state index < -0.39 is 11.9 Å². The minimum absolute atomic E-state index is 0.141. The molecule has 0 saturated carbocycles. The molecule has 0 aliphatic carbocycles. The number of benzene rings is 2. The van der Waals surface area contributed by atoms with Gasteiger partial charge in [0.15, 0.2) is 17.2 Å². The van der Waals surface area contributed by atoms with E-state index in [0.717, 1.165) is 11.1 Å². The van der Waals surface area contributed by atoms with Gasteiger partial charge in [0.1, 0.15) is 0 Å². The molecule has 2 aromatic rings. The van der Waals surface area contributed by atoms with Crippen LogP contribution < -0.4 is 14.2 Å². The second kappa shape index (κ2) is 7.96. The lowest BCUT2D eigenvalue weighted by Crippen LogP contribution is -2.06. The van der Waals surface area contributed by atoms with Crippen LogP contribution in [0, 0.1) is 6.92 Å². The first-order chi connectivity index (χ1) is 13.4. The molecule has 0 amide bonds. The van der Waals surface area contributed by atoms with E-state index in [1.54, 1.807) is 18.2 Å². The number of hydrogen-bond acceptors (Lipinski definition) is 7. The molecule has 0 N–H and O–H groups in total. The largest absolute Gasteiger partial charge is 0.493 e. The summed E-state index contributed by atoms with van der Waals surface area (Å²) in [6, 6.07) is 10.7. The predicted molar refractivity (Wildman–Crippen MR) is 103 cm³/mol. The number of esters is 2. The Morgan fingerprint density at radius 2 is 1.75 bits per heavy atom. The quantitative estimate of drug-likeness (QED) is 0.449. The monoisotopic (exact) mass is 381 g/mol. The number of hydrogen-bond donors (Lipinski definition) is 0. The summed E-state index contributed by atoms with van der Waals surface area (Å²) in [6.45, 7) is 3.20. The fourth-order valence-electron chi connectivity index (χ4n) is 2.72. The van der Waals surface area contributed by atoms with Crippen molar-refractivity contribution in [3.05, 3.63) is 58.8 Å². The Morgan fingerprint density at radius 3 is 2.32 bits per heavy atom. The van der Waals surface area contributed by atoms with Gasteiger partial charge in [-0.25, -0.2) is 9.79 Å². The number of cyclic esters (lactones) is 1. The third-order valence-electron chi connectivity index (χ3n) is 4.03. The predicted octanol–water partition coefficient (Wildman–Crippen LogP) is 3.28. The van der Waals surface area contributed by atoms with Crippen molar-refractivity contribution in [1.29, 1.82) is 0 Å². The number of carbonyl (C=O) groups is 2. The first kappa shape index (κ1) is 19.2. The first-order valence-electron chi connectivity index (χ1n) is 8.46. The molecule has 7 nitrogen and oxygen atoms in total. The summed E-state index contributed by atoms with van der Waals surface area (Å²) >= 11 is 0. The minimum Gasteiger partial charge on any atom is -0.493 e. The van der Waals surface area contributed by atoms with Crippen molar-refractivity contribution in [2.75, 3.05) is 14.2 Å². The molecule has 7 heteroatoms. The topological polar surface area (TPSA) is 83.4 Å². The van der Waals surface area contributed by atoms with Gasteiger partial charge in [-0.2, -0.15) is 0 Å². The number of methoxy groups -OCH3 is 2. The Balaban J connectivity index is 2.02. The Bertz CT molecular complexity index is 981. The summed E-state index contributed by atoms with van der Waals surface area (Å²) in [5.74, 6) is -0.0656. The molecule has 0 radical (unpaired) electrons. The van der Waals surface area contributed by atoms with Crippen LogP contribution in [-0.2, 0) is 14.3 Å². The van der Waals surface area contributed by atoms with E-state index in [0.29, 0.717) is 5.56 Å². The lowest BCUT2D eigenvalue weighted by Gasteiger charge is -2.13. The van der Waals surface area contributed by atoms with Crippen molar-refractivity contribution in [1.82, 2.24) is 0 Å². The summed E-state index contributed by atoms with van der Waals surface area (Å²) < 4.78 is 21.1. The normalized spacial score (nSPS) is 14.5. The zero-order valence-electron chi connectivity index (χ0n) is 15.9. The number of nitrogens with zero attached hydrogens (tertiary/aromatic N) is 1. The Kier molecular flexibility index (Phi) is 5.44. The molecule has 0 aromatic heterocycles. The van der Waals surface area contributed by atoms with E-state index in [-0.39, 0.29) is 28.8 Å². The van der Waals surface area contributed by atoms with E-state index in [1.165, 1.54) is 21.1 Å². The second-order valence-corrected chi connectivity index (χ2v) is 6.00. The average Bonchev–Trinajstić information content (AvgIpc) is 3.02. The highest BCUT2D eigenvalue weighted by Gasteiger charge is 2.25. The van der Waals surface area contributed by atoms with Gasteiger partial charge in [0.25, 0.3) is 0 Å². The summed E-state index contributed by atoms with van der Waals surface area (Å²) in [5, 5.41) is 0. The molecule has 28 heavy (non-hydrogen) atoms. The molecule has 3 rings (SSSR count). The van der Waals surface area contributed by atoms with Crippen molar-refractivity contribution >= 4 is 23.9 Å². The molecule has 1 aliphatic heterocycles. The lowest BCUT2D eigenvalue weighted by molar-refractivity contribution is -0.132. The van der Waals surface area contributed by atoms with E-state index in [2.05, 4.69) is 4.99 Å². The van der Waals surface area contributed by atoms with Gasteiger partial charge in [-0.1, -0.05) is 18.2 Å². The summed E-state index contributed by atoms with van der Waals surface area (Å²) in [4.78, 5) is 27.9. The maximum Gasteiger partial charge on any atom is 0.363 e. The number of aryl methyl sites for hydroxylation is 1. The van der Waals surface area contributed by atoms with Gasteiger partial charge in [0.05, 0.1) is 14.2 Å². The molecule has 0 unspecified atom stereocenters. The summed E-state index contributed by atoms with van der Waals surface area (Å²) in [7, 11) is 2.88. The maximum absolute atomic E-state index is 12.3. The van der Waals surface area contributed by atoms with Gasteiger partial charge in [0, 0.05) is 12.5 Å². The van der Waals surface area contributed by atoms with Crippen molar-refractivity contribution in [2.24, 2.45) is 4.99 Å². The highest BCUT2D eigenvalue weighted by molar-refractivity contribution is 6.13. The first-order valence-corrected chi connectivity index (χ1v) is 8.46. The van der Waals surface area contributed by atoms with Crippen LogP contribution in [0.2, 0.25) is 0 Å². The number of ether oxygens (including phenoxy) is 4. The highest BCUT2D eigenvalue weighted by atomic mass is 16.6. The van der Waals surface area contributed by atoms with Crippen LogP contribution in [-0.4, -0.2) is 32.1 Å². The van der Waals surface area contributed by atoms with Crippen LogP contribution in [0.4, 0.5) is 0 Å². The van der Waals surface area contributed by atoms with Crippen LogP contribution in [0.25, 0.3) is 6.08 Å². The third kappa shape index (κ3) is 3.88. The van der Waals surface area contributed by atoms with Crippen LogP contribution >= 0.6 is 0 Å². The summed E-state index contributed by atoms with van der Waals surface area (Å²) in [5.41, 5.74) is 2.41. The van der Waals surface area contributed by atoms with Crippen molar-refractivity contribution in [3.8, 4) is 17.2 Å². The molecule has 0 atom stereocenters. The van der Waals surface area contributed by atoms with Crippen LogP contribution in [0.5, 0.6) is 17.2 Å². The molecule has 144 valence electrons. The van der Waals surface area contributed by atoms with Crippen LogP contribution in [0.3, 0.4) is 0 Å². The number of rotatable bonds is 5. The zero-order valence-corrected chi connectivity index (χ0v) is 15.9. The molecule has 0 spiro atoms. The van der Waals surface area contributed by atoms with Gasteiger partial charge < -0.3 is 18.9 Å². The Labute approximate surface area is 162 Å². The van der Waals surface area contributed by atoms with E-state index >= 15 is 0 Å². The fraction of sp³-hybridized carbons (Fsp3) is 0.190. The molecular weight excluding hydrogens is 362 g/mol. The van der Waals surface area contributed by atoms with E-state index in [1.807, 2.05) is 31.2 Å². The lowest BCUT2D eigenvalue weighted by atomic mass is 10.1. The van der Waals surface area contributed by atoms with Gasteiger partial charge in [-0.05, 0) is 42.3 Å². The van der Waals surface area contributed by atoms with Gasteiger partial charge in [-0.3, -0.25) is 4.79 Å². The minimum atomic E-state index is -0.555. The Hall–Kier alpha value is -3.61. The Morgan fingerprint density at radius 1 is 1.11 bits per heavy atom. The van der Waals surface area contributed by atoms with Crippen LogP contribution in [0.15, 0.2) is 47.1 Å². The van der Waals surface area contributed by atoms with Crippen molar-refractivity contribution < 1.29 is 28.5 Å². The van der Waals surface area contributed by atoms with Gasteiger partial charge in [-0.15, -0.1) is 0 Å². The molecule has 0 saturated heterocycles. The number of carbonyl (C=O) groups excluding carboxylic acids is 2. The average molecular weight is 381 g/mol. The SMILES string of the molecule is COc1cc(C=C2N=C(c3ccccc3C)OC2=O)cc(OC)c1OC(C)=O. The van der Waals surface area contributed by atoms with Crippen molar-refractivity contribution in [2.45, 2.75) is 13.8 Å². The second-order valence-electron chi connectivity index (χ2n) is 6.00. The maximum atomic E-state index is 12.3. The van der Waals surface area contributed by atoms with Crippen LogP contribution in [0.1, 0.15) is 23.6 Å². The molecule has 0 fully saturated rings. The third-order valence-corrected chi connectivity index (χ3v) is 4.03. The molecule has 1 aliphatic rings.